The van der Waals surface area contributed by atoms with E-state index in [9.17, 15) is 24.3 Å². The third kappa shape index (κ3) is 6.87. The molecule has 64 heavy (non-hydrogen) atoms. The minimum atomic E-state index is -3.30. The average molecular weight is 875 g/mol. The fourth-order valence-electron chi connectivity index (χ4n) is 11.0. The van der Waals surface area contributed by atoms with Gasteiger partial charge in [-0.25, -0.2) is 19.6 Å². The van der Waals surface area contributed by atoms with Crippen molar-refractivity contribution in [3.63, 3.8) is 0 Å². The van der Waals surface area contributed by atoms with Gasteiger partial charge in [-0.15, -0.1) is 0 Å². The zero-order valence-corrected chi connectivity index (χ0v) is 36.4. The van der Waals surface area contributed by atoms with Crippen LogP contribution in [0.2, 0.25) is 0 Å². The summed E-state index contributed by atoms with van der Waals surface area (Å²) in [4.78, 5) is 71.7. The third-order valence-corrected chi connectivity index (χ3v) is 14.5. The van der Waals surface area contributed by atoms with Crippen LogP contribution in [0.4, 0.5) is 18.4 Å². The molecule has 5 N–H and O–H groups in total. The maximum absolute atomic E-state index is 16.6. The molecule has 10 rings (SSSR count). The van der Waals surface area contributed by atoms with Gasteiger partial charge in [-0.05, 0) is 108 Å². The third-order valence-electron chi connectivity index (χ3n) is 14.5. The topological polar surface area (TPSA) is 186 Å². The quantitative estimate of drug-likeness (QED) is 0.0924. The molecule has 5 aliphatic rings. The Morgan fingerprint density at radius 2 is 1.50 bits per heavy atom. The first kappa shape index (κ1) is 41.7. The lowest BCUT2D eigenvalue weighted by atomic mass is 9.95. The van der Waals surface area contributed by atoms with Crippen molar-refractivity contribution in [2.75, 3.05) is 13.7 Å². The summed E-state index contributed by atoms with van der Waals surface area (Å²) in [6, 6.07) is 13.4. The van der Waals surface area contributed by atoms with Gasteiger partial charge in [-0.3, -0.25) is 9.59 Å². The number of rotatable bonds is 10. The van der Waals surface area contributed by atoms with Gasteiger partial charge in [0.15, 0.2) is 0 Å². The number of aromatic amines is 2. The first-order valence-corrected chi connectivity index (χ1v) is 22.3. The second-order valence-corrected chi connectivity index (χ2v) is 19.3. The van der Waals surface area contributed by atoms with Crippen molar-refractivity contribution in [3.05, 3.63) is 83.6 Å². The number of carbonyl (C=O) groups excluding carboxylic acids is 3. The summed E-state index contributed by atoms with van der Waals surface area (Å²) in [5.41, 5.74) is 4.45. The van der Waals surface area contributed by atoms with E-state index in [1.165, 1.54) is 13.2 Å². The number of nitrogens with zero attached hydrogens (tertiary/aromatic N) is 4. The number of fused-ring (bicyclic) bond motifs is 6. The molecule has 3 aromatic carbocycles. The number of carboxylic acid groups (broad SMARTS) is 1. The molecular weight excluding hydrogens is 823 g/mol. The highest BCUT2D eigenvalue weighted by molar-refractivity contribution is 5.89. The number of imidazole rings is 2. The number of H-pyrrole nitrogens is 2. The second kappa shape index (κ2) is 15.2. The number of methoxy groups -OCH3 is 1. The van der Waals surface area contributed by atoms with E-state index in [-0.39, 0.29) is 64.2 Å². The average Bonchev–Trinajstić information content (AvgIpc) is 3.93. The molecule has 16 heteroatoms. The molecular formula is C48H52F2N8O6. The Labute approximate surface area is 368 Å². The number of ether oxygens (including phenoxy) is 1. The van der Waals surface area contributed by atoms with Gasteiger partial charge < -0.3 is 40.2 Å². The van der Waals surface area contributed by atoms with E-state index in [0.29, 0.717) is 57.2 Å². The van der Waals surface area contributed by atoms with Crippen LogP contribution in [-0.4, -0.2) is 90.6 Å². The molecule has 2 bridgehead atoms. The van der Waals surface area contributed by atoms with Crippen LogP contribution in [0.15, 0.2) is 60.8 Å². The van der Waals surface area contributed by atoms with Gasteiger partial charge in [-0.1, -0.05) is 58.0 Å². The van der Waals surface area contributed by atoms with Crippen LogP contribution in [-0.2, 0) is 20.2 Å². The summed E-state index contributed by atoms with van der Waals surface area (Å²) in [6.45, 7) is 7.94. The van der Waals surface area contributed by atoms with Crippen molar-refractivity contribution in [1.82, 2.24) is 40.4 Å². The smallest absolute Gasteiger partial charge is 0.407 e. The van der Waals surface area contributed by atoms with E-state index >= 15 is 8.78 Å². The van der Waals surface area contributed by atoms with Crippen molar-refractivity contribution >= 4 is 35.0 Å². The second-order valence-electron chi connectivity index (χ2n) is 19.3. The fourth-order valence-corrected chi connectivity index (χ4v) is 11.0. The molecule has 0 radical (unpaired) electrons. The van der Waals surface area contributed by atoms with Crippen LogP contribution in [0, 0.1) is 23.2 Å². The number of carbonyl (C=O) groups is 4. The Morgan fingerprint density at radius 1 is 0.844 bits per heavy atom. The van der Waals surface area contributed by atoms with Gasteiger partial charge in [0.2, 0.25) is 11.8 Å². The number of hydrogen-bond acceptors (Lipinski definition) is 7. The summed E-state index contributed by atoms with van der Waals surface area (Å²) in [6.07, 6.45) is 5.12. The zero-order valence-electron chi connectivity index (χ0n) is 36.4. The molecule has 2 aliphatic heterocycles. The van der Waals surface area contributed by atoms with Gasteiger partial charge in [0.05, 0.1) is 35.9 Å². The number of benzene rings is 3. The molecule has 14 nitrogen and oxygen atoms in total. The lowest BCUT2D eigenvalue weighted by Crippen LogP contribution is -2.53. The molecule has 2 saturated carbocycles. The highest BCUT2D eigenvalue weighted by atomic mass is 19.3. The van der Waals surface area contributed by atoms with Crippen LogP contribution in [0.25, 0.3) is 44.5 Å². The van der Waals surface area contributed by atoms with Crippen molar-refractivity contribution in [2.45, 2.75) is 102 Å². The molecule has 334 valence electrons. The van der Waals surface area contributed by atoms with Crippen molar-refractivity contribution < 1.29 is 37.8 Å². The lowest BCUT2D eigenvalue weighted by molar-refractivity contribution is -0.139. The number of likely N-dealkylation sites (tertiary alicyclic amines) is 2. The van der Waals surface area contributed by atoms with Gasteiger partial charge in [0.25, 0.3) is 5.92 Å². The highest BCUT2D eigenvalue weighted by Gasteiger charge is 2.56. The number of alkyl halides is 2. The van der Waals surface area contributed by atoms with Crippen LogP contribution in [0.1, 0.15) is 101 Å². The molecule has 2 aromatic heterocycles. The van der Waals surface area contributed by atoms with E-state index in [0.717, 1.165) is 44.1 Å². The Hall–Kier alpha value is -6.32. The van der Waals surface area contributed by atoms with Crippen molar-refractivity contribution in [1.29, 1.82) is 0 Å². The summed E-state index contributed by atoms with van der Waals surface area (Å²) >= 11 is 0. The van der Waals surface area contributed by atoms with Gasteiger partial charge in [0.1, 0.15) is 23.7 Å². The zero-order chi connectivity index (χ0) is 45.0. The number of hydrogen-bond donors (Lipinski definition) is 5. The number of piperidine rings is 1. The SMILES string of the molecule is COC(=O)NC(C(=O)N1CC2(CC2)C[C@H]1c1nc(-c2ccc3c(c2)C(F)(F)c2cc(-c4ccc5nc([C@@H]6[C@H]7CC[C@H](C7)N6C(=O)[C@@H](NC(=O)O)C(C)C)[nH]c5c4)ccc2-3)c[nH]1)C(C)C. The minimum absolute atomic E-state index is 0.00466. The Morgan fingerprint density at radius 3 is 2.17 bits per heavy atom. The van der Waals surface area contributed by atoms with E-state index in [2.05, 4.69) is 20.6 Å². The first-order valence-electron chi connectivity index (χ1n) is 22.3. The number of nitrogens with one attached hydrogen (secondary N) is 4. The lowest BCUT2D eigenvalue weighted by Gasteiger charge is -2.37. The maximum Gasteiger partial charge on any atom is 0.407 e. The highest BCUT2D eigenvalue weighted by Crippen LogP contribution is 2.59. The number of amides is 4. The molecule has 6 atom stereocenters. The standard InChI is InChI=1S/C48H52F2N8O6/c1-23(2)38(56-46(63)64-5)43(59)57-22-47(14-15-47)20-37(57)41-51-21-36(54-41)27-8-12-31-30-11-7-25(17-32(30)48(49,50)33(31)18-27)26-9-13-34-35(19-26)53-42(52-34)40-28-6-10-29(16-28)58(40)44(60)39(24(3)4)55-45(61)62/h7-9,11-13,17-19,21,23-24,28-29,37-40,55H,6,10,14-16,20,22H2,1-5H3,(H,51,54)(H,52,53)(H,56,63)(H,61,62)/t28-,29+,37-,38?,39-,40-/m0/s1. The summed E-state index contributed by atoms with van der Waals surface area (Å²) in [7, 11) is 1.26. The van der Waals surface area contributed by atoms with Crippen LogP contribution in [0.3, 0.4) is 0 Å². The molecule has 1 spiro atoms. The summed E-state index contributed by atoms with van der Waals surface area (Å²) in [5, 5.41) is 14.6. The molecule has 4 heterocycles. The summed E-state index contributed by atoms with van der Waals surface area (Å²) < 4.78 is 38.1. The maximum atomic E-state index is 16.6. The first-order chi connectivity index (χ1) is 30.6. The van der Waals surface area contributed by atoms with Crippen molar-refractivity contribution in [3.8, 4) is 33.5 Å². The Kier molecular flexibility index (Phi) is 9.87. The van der Waals surface area contributed by atoms with Crippen LogP contribution < -0.4 is 10.6 Å². The van der Waals surface area contributed by atoms with Gasteiger partial charge >= 0.3 is 12.2 Å². The van der Waals surface area contributed by atoms with E-state index in [1.54, 1.807) is 35.4 Å². The van der Waals surface area contributed by atoms with Gasteiger partial charge in [0, 0.05) is 35.5 Å². The molecule has 1 unspecified atom stereocenters. The van der Waals surface area contributed by atoms with Crippen LogP contribution in [0.5, 0.6) is 0 Å². The molecule has 3 aliphatic carbocycles. The normalized spacial score (nSPS) is 23.1. The minimum Gasteiger partial charge on any atom is -0.465 e. The predicted octanol–water partition coefficient (Wildman–Crippen LogP) is 8.52. The van der Waals surface area contributed by atoms with E-state index < -0.39 is 30.2 Å². The molecule has 2 saturated heterocycles. The number of halogens is 2. The molecule has 4 amide bonds. The van der Waals surface area contributed by atoms with Crippen molar-refractivity contribution in [2.24, 2.45) is 23.2 Å². The van der Waals surface area contributed by atoms with Gasteiger partial charge in [-0.2, -0.15) is 8.78 Å². The Bertz CT molecular complexity index is 2720. The Balaban J connectivity index is 0.899. The largest absolute Gasteiger partial charge is 0.465 e. The number of aromatic nitrogens is 4. The number of alkyl carbamates (subject to hydrolysis) is 1. The predicted molar refractivity (Wildman–Crippen MR) is 233 cm³/mol. The fraction of sp³-hybridized carbons (Fsp3) is 0.458. The van der Waals surface area contributed by atoms with Crippen LogP contribution >= 0.6 is 0 Å². The molecule has 5 aromatic rings. The molecule has 4 fully saturated rings. The van der Waals surface area contributed by atoms with E-state index in [1.807, 2.05) is 56.9 Å². The van der Waals surface area contributed by atoms with E-state index in [4.69, 9.17) is 14.7 Å². The summed E-state index contributed by atoms with van der Waals surface area (Å²) in [5.74, 6) is -2.79. The monoisotopic (exact) mass is 874 g/mol.